The first-order valence-corrected chi connectivity index (χ1v) is 11.3. The largest absolute Gasteiger partial charge is 0.476 e. The van der Waals surface area contributed by atoms with E-state index in [1.807, 2.05) is 0 Å². The van der Waals surface area contributed by atoms with Gasteiger partial charge in [0.15, 0.2) is 5.69 Å². The number of aromatic carboxylic acids is 1. The minimum Gasteiger partial charge on any atom is -0.476 e. The SMILES string of the molecule is O=C(O)c1nc(OCCN2CCOCC2)ncc1-c1ccc(F)cc1.OCCN1CCOCC1. The standard InChI is InChI=1S/C17H18FN3O4.C6H13NO2/c18-13-3-1-12(2-4-13)14-11-19-17(20-15(14)16(22)23)25-10-7-21-5-8-24-9-6-21;8-4-1-7-2-5-9-6-3-7/h1-4,11H,5-10H2,(H,22,23);8H,1-6H2. The number of β-amino-alcohol motifs (C(OH)–C–C–N with tert-alkyl or cyclic N) is 1. The van der Waals surface area contributed by atoms with Crippen LogP contribution >= 0.6 is 0 Å². The molecule has 4 rings (SSSR count). The van der Waals surface area contributed by atoms with Crippen LogP contribution in [0.25, 0.3) is 11.1 Å². The Bertz CT molecular complexity index is 887. The molecule has 2 aromatic rings. The average Bonchev–Trinajstić information content (AvgIpc) is 2.86. The summed E-state index contributed by atoms with van der Waals surface area (Å²) in [6, 6.07) is 5.50. The van der Waals surface area contributed by atoms with E-state index in [1.165, 1.54) is 30.5 Å². The summed E-state index contributed by atoms with van der Waals surface area (Å²) >= 11 is 0. The first-order valence-electron chi connectivity index (χ1n) is 11.3. The van der Waals surface area contributed by atoms with Crippen LogP contribution in [-0.2, 0) is 9.47 Å². The fourth-order valence-corrected chi connectivity index (χ4v) is 3.50. The number of hydrogen-bond donors (Lipinski definition) is 2. The first-order chi connectivity index (χ1) is 16.6. The van der Waals surface area contributed by atoms with Crippen LogP contribution in [-0.4, -0.2) is 115 Å². The molecule has 2 aliphatic rings. The van der Waals surface area contributed by atoms with E-state index in [0.717, 1.165) is 45.9 Å². The Hall–Kier alpha value is -2.70. The molecule has 0 unspecified atom stereocenters. The highest BCUT2D eigenvalue weighted by Crippen LogP contribution is 2.23. The van der Waals surface area contributed by atoms with Crippen LogP contribution < -0.4 is 4.74 Å². The average molecular weight is 479 g/mol. The number of morpholine rings is 2. The molecular weight excluding hydrogens is 447 g/mol. The molecule has 3 heterocycles. The fraction of sp³-hybridized carbons (Fsp3) is 0.522. The number of carbonyl (C=O) groups is 1. The van der Waals surface area contributed by atoms with Gasteiger partial charge in [0.2, 0.25) is 0 Å². The maximum Gasteiger partial charge on any atom is 0.355 e. The zero-order valence-corrected chi connectivity index (χ0v) is 19.1. The van der Waals surface area contributed by atoms with Crippen LogP contribution in [0.4, 0.5) is 4.39 Å². The number of aliphatic hydroxyl groups is 1. The molecule has 0 radical (unpaired) electrons. The number of aromatic nitrogens is 2. The number of benzene rings is 1. The quantitative estimate of drug-likeness (QED) is 0.569. The summed E-state index contributed by atoms with van der Waals surface area (Å²) in [7, 11) is 0. The van der Waals surface area contributed by atoms with E-state index in [0.29, 0.717) is 37.5 Å². The maximum absolute atomic E-state index is 13.0. The Morgan fingerprint density at radius 1 is 1.00 bits per heavy atom. The Balaban J connectivity index is 0.000000302. The van der Waals surface area contributed by atoms with E-state index in [2.05, 4.69) is 19.8 Å². The summed E-state index contributed by atoms with van der Waals surface area (Å²) < 4.78 is 28.9. The highest BCUT2D eigenvalue weighted by atomic mass is 19.1. The highest BCUT2D eigenvalue weighted by molar-refractivity contribution is 5.93. The van der Waals surface area contributed by atoms with Crippen molar-refractivity contribution in [3.8, 4) is 17.1 Å². The molecule has 0 saturated carbocycles. The summed E-state index contributed by atoms with van der Waals surface area (Å²) in [5, 5.41) is 17.9. The lowest BCUT2D eigenvalue weighted by Crippen LogP contribution is -2.38. The minimum atomic E-state index is -1.19. The van der Waals surface area contributed by atoms with Crippen molar-refractivity contribution < 1.29 is 33.6 Å². The number of nitrogens with zero attached hydrogens (tertiary/aromatic N) is 4. The van der Waals surface area contributed by atoms with E-state index < -0.39 is 11.8 Å². The number of hydrogen-bond acceptors (Lipinski definition) is 9. The number of halogens is 1. The summed E-state index contributed by atoms with van der Waals surface area (Å²) in [6.45, 7) is 8.77. The van der Waals surface area contributed by atoms with Gasteiger partial charge in [-0.1, -0.05) is 12.1 Å². The van der Waals surface area contributed by atoms with Gasteiger partial charge in [0, 0.05) is 51.0 Å². The molecule has 11 heteroatoms. The number of rotatable bonds is 8. The van der Waals surface area contributed by atoms with Crippen molar-refractivity contribution in [1.29, 1.82) is 0 Å². The third kappa shape index (κ3) is 8.26. The Morgan fingerprint density at radius 3 is 2.15 bits per heavy atom. The molecule has 186 valence electrons. The smallest absolute Gasteiger partial charge is 0.355 e. The van der Waals surface area contributed by atoms with E-state index in [4.69, 9.17) is 19.3 Å². The topological polar surface area (TPSA) is 117 Å². The third-order valence-electron chi connectivity index (χ3n) is 5.39. The van der Waals surface area contributed by atoms with Crippen LogP contribution in [0.1, 0.15) is 10.5 Å². The van der Waals surface area contributed by atoms with Gasteiger partial charge >= 0.3 is 12.0 Å². The molecule has 34 heavy (non-hydrogen) atoms. The van der Waals surface area contributed by atoms with Gasteiger partial charge < -0.3 is 24.4 Å². The van der Waals surface area contributed by atoms with E-state index in [-0.39, 0.29) is 18.3 Å². The monoisotopic (exact) mass is 478 g/mol. The van der Waals surface area contributed by atoms with Gasteiger partial charge in [0.25, 0.3) is 0 Å². The third-order valence-corrected chi connectivity index (χ3v) is 5.39. The zero-order valence-electron chi connectivity index (χ0n) is 19.1. The molecular formula is C23H31FN4O6. The van der Waals surface area contributed by atoms with Gasteiger partial charge in [-0.2, -0.15) is 4.98 Å². The molecule has 2 fully saturated rings. The van der Waals surface area contributed by atoms with Gasteiger partial charge in [-0.15, -0.1) is 0 Å². The molecule has 2 aliphatic heterocycles. The number of ether oxygens (including phenoxy) is 3. The number of aliphatic hydroxyl groups excluding tert-OH is 1. The van der Waals surface area contributed by atoms with E-state index in [1.54, 1.807) is 0 Å². The molecule has 0 aliphatic carbocycles. The van der Waals surface area contributed by atoms with Crippen molar-refractivity contribution in [3.63, 3.8) is 0 Å². The lowest BCUT2D eigenvalue weighted by molar-refractivity contribution is 0.0306. The molecule has 0 bridgehead atoms. The van der Waals surface area contributed by atoms with Crippen LogP contribution in [0.15, 0.2) is 30.5 Å². The van der Waals surface area contributed by atoms with Gasteiger partial charge in [-0.3, -0.25) is 9.80 Å². The van der Waals surface area contributed by atoms with Crippen molar-refractivity contribution in [2.45, 2.75) is 0 Å². The molecule has 1 aromatic carbocycles. The van der Waals surface area contributed by atoms with Gasteiger partial charge in [0.05, 0.1) is 33.0 Å². The van der Waals surface area contributed by atoms with Gasteiger partial charge in [-0.25, -0.2) is 14.2 Å². The second-order valence-electron chi connectivity index (χ2n) is 7.71. The normalized spacial score (nSPS) is 17.0. The highest BCUT2D eigenvalue weighted by Gasteiger charge is 2.17. The lowest BCUT2D eigenvalue weighted by Gasteiger charge is -2.26. The molecule has 0 atom stereocenters. The van der Waals surface area contributed by atoms with Crippen molar-refractivity contribution in [2.75, 3.05) is 78.9 Å². The minimum absolute atomic E-state index is 0.0107. The fourth-order valence-electron chi connectivity index (χ4n) is 3.50. The number of carboxylic acids is 1. The first kappa shape index (κ1) is 25.9. The summed E-state index contributed by atoms with van der Waals surface area (Å²) in [5.41, 5.74) is 0.662. The van der Waals surface area contributed by atoms with Crippen LogP contribution in [0.2, 0.25) is 0 Å². The molecule has 1 aromatic heterocycles. The van der Waals surface area contributed by atoms with Crippen LogP contribution in [0, 0.1) is 5.82 Å². The van der Waals surface area contributed by atoms with Gasteiger partial charge in [0.1, 0.15) is 12.4 Å². The second-order valence-corrected chi connectivity index (χ2v) is 7.71. The molecule has 0 spiro atoms. The Labute approximate surface area is 197 Å². The summed E-state index contributed by atoms with van der Waals surface area (Å²) in [5.74, 6) is -1.59. The molecule has 2 saturated heterocycles. The Kier molecular flexibility index (Phi) is 10.6. The van der Waals surface area contributed by atoms with Crippen molar-refractivity contribution >= 4 is 5.97 Å². The Morgan fingerprint density at radius 2 is 1.59 bits per heavy atom. The molecule has 0 amide bonds. The zero-order chi connectivity index (χ0) is 24.2. The van der Waals surface area contributed by atoms with E-state index in [9.17, 15) is 14.3 Å². The van der Waals surface area contributed by atoms with Crippen molar-refractivity contribution in [3.05, 3.63) is 42.0 Å². The molecule has 10 nitrogen and oxygen atoms in total. The number of carboxylic acid groups (broad SMARTS) is 1. The van der Waals surface area contributed by atoms with Crippen LogP contribution in [0.3, 0.4) is 0 Å². The van der Waals surface area contributed by atoms with Crippen molar-refractivity contribution in [2.24, 2.45) is 0 Å². The van der Waals surface area contributed by atoms with E-state index >= 15 is 0 Å². The second kappa shape index (κ2) is 13.9. The maximum atomic E-state index is 13.0. The molecule has 2 N–H and O–H groups in total. The van der Waals surface area contributed by atoms with Gasteiger partial charge in [-0.05, 0) is 17.7 Å². The van der Waals surface area contributed by atoms with Crippen molar-refractivity contribution in [1.82, 2.24) is 19.8 Å². The lowest BCUT2D eigenvalue weighted by atomic mass is 10.1. The predicted octanol–water partition coefficient (Wildman–Crippen LogP) is 1.00. The summed E-state index contributed by atoms with van der Waals surface area (Å²) in [4.78, 5) is 23.9. The van der Waals surface area contributed by atoms with Crippen LogP contribution in [0.5, 0.6) is 6.01 Å². The predicted molar refractivity (Wildman–Crippen MR) is 121 cm³/mol. The summed E-state index contributed by atoms with van der Waals surface area (Å²) in [6.07, 6.45) is 1.38.